The Morgan fingerprint density at radius 2 is 2.11 bits per heavy atom. The van der Waals surface area contributed by atoms with Crippen LogP contribution in [0.4, 0.5) is 5.82 Å². The first kappa shape index (κ1) is 11.4. The average Bonchev–Trinajstić information content (AvgIpc) is 2.80. The Labute approximate surface area is 106 Å². The van der Waals surface area contributed by atoms with Crippen molar-refractivity contribution in [2.24, 2.45) is 5.92 Å². The molecule has 0 unspecified atom stereocenters. The molecule has 0 bridgehead atoms. The van der Waals surface area contributed by atoms with Crippen LogP contribution in [-0.2, 0) is 0 Å². The van der Waals surface area contributed by atoms with Crippen molar-refractivity contribution in [1.82, 2.24) is 15.1 Å². The molecule has 0 spiro atoms. The number of aryl methyl sites for hydroxylation is 1. The molecule has 18 heavy (non-hydrogen) atoms. The SMILES string of the molecule is Cc1noc2ncnc(NCC3CCCCC3)c12. The van der Waals surface area contributed by atoms with Crippen LogP contribution >= 0.6 is 0 Å². The van der Waals surface area contributed by atoms with E-state index in [0.717, 1.165) is 29.4 Å². The Kier molecular flexibility index (Phi) is 3.13. The zero-order valence-corrected chi connectivity index (χ0v) is 10.6. The lowest BCUT2D eigenvalue weighted by Gasteiger charge is -2.21. The number of nitrogens with zero attached hydrogens (tertiary/aromatic N) is 3. The summed E-state index contributed by atoms with van der Waals surface area (Å²) in [4.78, 5) is 8.38. The minimum Gasteiger partial charge on any atom is -0.369 e. The fourth-order valence-corrected chi connectivity index (χ4v) is 2.69. The number of aromatic nitrogens is 3. The summed E-state index contributed by atoms with van der Waals surface area (Å²) in [6.07, 6.45) is 8.28. The fourth-order valence-electron chi connectivity index (χ4n) is 2.69. The predicted molar refractivity (Wildman–Crippen MR) is 69.4 cm³/mol. The molecule has 3 rings (SSSR count). The lowest BCUT2D eigenvalue weighted by Crippen LogP contribution is -2.17. The van der Waals surface area contributed by atoms with Gasteiger partial charge in [0.1, 0.15) is 17.5 Å². The van der Waals surface area contributed by atoms with Gasteiger partial charge < -0.3 is 9.84 Å². The predicted octanol–water partition coefficient (Wildman–Crippen LogP) is 2.92. The van der Waals surface area contributed by atoms with Crippen molar-refractivity contribution in [3.05, 3.63) is 12.0 Å². The van der Waals surface area contributed by atoms with Crippen molar-refractivity contribution in [2.75, 3.05) is 11.9 Å². The Morgan fingerprint density at radius 3 is 2.94 bits per heavy atom. The summed E-state index contributed by atoms with van der Waals surface area (Å²) in [5, 5.41) is 8.28. The molecule has 0 aliphatic heterocycles. The van der Waals surface area contributed by atoms with Crippen LogP contribution in [0.25, 0.3) is 11.1 Å². The van der Waals surface area contributed by atoms with Gasteiger partial charge >= 0.3 is 0 Å². The Bertz CT molecular complexity index is 531. The second kappa shape index (κ2) is 4.92. The van der Waals surface area contributed by atoms with Gasteiger partial charge in [-0.25, -0.2) is 4.98 Å². The molecule has 2 heterocycles. The number of rotatable bonds is 3. The minimum atomic E-state index is 0.564. The van der Waals surface area contributed by atoms with Gasteiger partial charge in [0.25, 0.3) is 5.71 Å². The van der Waals surface area contributed by atoms with E-state index in [0.29, 0.717) is 5.71 Å². The maximum atomic E-state index is 5.14. The van der Waals surface area contributed by atoms with Crippen LogP contribution < -0.4 is 5.32 Å². The first-order chi connectivity index (χ1) is 8.84. The highest BCUT2D eigenvalue weighted by atomic mass is 16.5. The van der Waals surface area contributed by atoms with Crippen molar-refractivity contribution in [3.63, 3.8) is 0 Å². The number of anilines is 1. The molecule has 2 aromatic heterocycles. The number of nitrogens with one attached hydrogen (secondary N) is 1. The lowest BCUT2D eigenvalue weighted by atomic mass is 9.89. The summed E-state index contributed by atoms with van der Waals surface area (Å²) in [5.41, 5.74) is 1.41. The molecule has 1 N–H and O–H groups in total. The van der Waals surface area contributed by atoms with Gasteiger partial charge in [-0.15, -0.1) is 0 Å². The minimum absolute atomic E-state index is 0.564. The highest BCUT2D eigenvalue weighted by Gasteiger charge is 2.16. The van der Waals surface area contributed by atoms with E-state index in [1.165, 1.54) is 38.4 Å². The monoisotopic (exact) mass is 246 g/mol. The van der Waals surface area contributed by atoms with Crippen LogP contribution in [0.2, 0.25) is 0 Å². The lowest BCUT2D eigenvalue weighted by molar-refractivity contribution is 0.373. The van der Waals surface area contributed by atoms with E-state index in [2.05, 4.69) is 20.4 Å². The molecular formula is C13H18N4O. The van der Waals surface area contributed by atoms with Gasteiger partial charge in [-0.2, -0.15) is 4.98 Å². The molecule has 1 aliphatic rings. The summed E-state index contributed by atoms with van der Waals surface area (Å²) < 4.78 is 5.14. The highest BCUT2D eigenvalue weighted by molar-refractivity contribution is 5.87. The smallest absolute Gasteiger partial charge is 0.263 e. The van der Waals surface area contributed by atoms with Crippen LogP contribution in [0.3, 0.4) is 0 Å². The zero-order chi connectivity index (χ0) is 12.4. The normalized spacial score (nSPS) is 17.2. The molecule has 5 heteroatoms. The molecule has 1 fully saturated rings. The van der Waals surface area contributed by atoms with Gasteiger partial charge in [0.05, 0.1) is 5.69 Å². The molecule has 0 amide bonds. The molecule has 0 radical (unpaired) electrons. The van der Waals surface area contributed by atoms with Crippen molar-refractivity contribution in [1.29, 1.82) is 0 Å². The second-order valence-electron chi connectivity index (χ2n) is 5.06. The third-order valence-electron chi connectivity index (χ3n) is 3.73. The molecular weight excluding hydrogens is 228 g/mol. The molecule has 2 aromatic rings. The van der Waals surface area contributed by atoms with E-state index in [-0.39, 0.29) is 0 Å². The quantitative estimate of drug-likeness (QED) is 0.902. The summed E-state index contributed by atoms with van der Waals surface area (Å²) in [7, 11) is 0. The van der Waals surface area contributed by atoms with E-state index in [9.17, 15) is 0 Å². The van der Waals surface area contributed by atoms with E-state index in [1.807, 2.05) is 6.92 Å². The van der Waals surface area contributed by atoms with Crippen LogP contribution in [0.1, 0.15) is 37.8 Å². The average molecular weight is 246 g/mol. The molecule has 5 nitrogen and oxygen atoms in total. The van der Waals surface area contributed by atoms with E-state index in [4.69, 9.17) is 4.52 Å². The van der Waals surface area contributed by atoms with E-state index >= 15 is 0 Å². The molecule has 1 aliphatic carbocycles. The Hall–Kier alpha value is -1.65. The molecule has 0 saturated heterocycles. The molecule has 1 saturated carbocycles. The number of fused-ring (bicyclic) bond motifs is 1. The van der Waals surface area contributed by atoms with Gasteiger partial charge in [0, 0.05) is 6.54 Å². The van der Waals surface area contributed by atoms with Crippen molar-refractivity contribution < 1.29 is 4.52 Å². The Morgan fingerprint density at radius 1 is 1.28 bits per heavy atom. The summed E-state index contributed by atoms with van der Waals surface area (Å²) >= 11 is 0. The van der Waals surface area contributed by atoms with Crippen LogP contribution in [0.15, 0.2) is 10.9 Å². The van der Waals surface area contributed by atoms with Gasteiger partial charge in [-0.1, -0.05) is 24.4 Å². The van der Waals surface area contributed by atoms with Crippen LogP contribution in [0, 0.1) is 12.8 Å². The van der Waals surface area contributed by atoms with E-state index in [1.54, 1.807) is 0 Å². The number of hydrogen-bond acceptors (Lipinski definition) is 5. The zero-order valence-electron chi connectivity index (χ0n) is 10.6. The third kappa shape index (κ3) is 2.17. The van der Waals surface area contributed by atoms with Gasteiger partial charge in [-0.05, 0) is 25.7 Å². The van der Waals surface area contributed by atoms with Gasteiger partial charge in [0.15, 0.2) is 0 Å². The largest absolute Gasteiger partial charge is 0.369 e. The first-order valence-electron chi connectivity index (χ1n) is 6.65. The molecule has 96 valence electrons. The van der Waals surface area contributed by atoms with Gasteiger partial charge in [-0.3, -0.25) is 0 Å². The maximum Gasteiger partial charge on any atom is 0.263 e. The van der Waals surface area contributed by atoms with Crippen LogP contribution in [-0.4, -0.2) is 21.7 Å². The van der Waals surface area contributed by atoms with Crippen molar-refractivity contribution in [3.8, 4) is 0 Å². The second-order valence-corrected chi connectivity index (χ2v) is 5.06. The standard InChI is InChI=1S/C13H18N4O/c1-9-11-12(15-8-16-13(11)18-17-9)14-7-10-5-3-2-4-6-10/h8,10H,2-7H2,1H3,(H,14,15,16). The number of hydrogen-bond donors (Lipinski definition) is 1. The van der Waals surface area contributed by atoms with Crippen LogP contribution in [0.5, 0.6) is 0 Å². The van der Waals surface area contributed by atoms with Crippen molar-refractivity contribution >= 4 is 16.9 Å². The highest BCUT2D eigenvalue weighted by Crippen LogP contribution is 2.26. The third-order valence-corrected chi connectivity index (χ3v) is 3.73. The Balaban J connectivity index is 1.75. The van der Waals surface area contributed by atoms with Gasteiger partial charge in [0.2, 0.25) is 0 Å². The molecule has 0 aromatic carbocycles. The summed E-state index contributed by atoms with van der Waals surface area (Å²) in [5.74, 6) is 1.62. The first-order valence-corrected chi connectivity index (χ1v) is 6.65. The van der Waals surface area contributed by atoms with E-state index < -0.39 is 0 Å². The summed E-state index contributed by atoms with van der Waals surface area (Å²) in [6.45, 7) is 2.90. The van der Waals surface area contributed by atoms with Crippen molar-refractivity contribution in [2.45, 2.75) is 39.0 Å². The molecule has 0 atom stereocenters. The maximum absolute atomic E-state index is 5.14. The fraction of sp³-hybridized carbons (Fsp3) is 0.615. The topological polar surface area (TPSA) is 63.8 Å². The summed E-state index contributed by atoms with van der Waals surface area (Å²) in [6, 6.07) is 0.